The molecule has 0 aromatic carbocycles. The Hall–Kier alpha value is -1.57. The summed E-state index contributed by atoms with van der Waals surface area (Å²) in [6.45, 7) is 3.57. The van der Waals surface area contributed by atoms with Crippen LogP contribution < -0.4 is 5.43 Å². The maximum absolute atomic E-state index is 12.2. The number of nitrogens with zero attached hydrogens (tertiary/aromatic N) is 4. The topological polar surface area (TPSA) is 61.4 Å². The number of piperazine rings is 1. The van der Waals surface area contributed by atoms with Crippen LogP contribution in [0.15, 0.2) is 16.8 Å². The molecule has 100 valence electrons. The fraction of sp³-hybridized carbons (Fsp3) is 0.417. The van der Waals surface area contributed by atoms with Gasteiger partial charge in [-0.1, -0.05) is 0 Å². The van der Waals surface area contributed by atoms with Crippen molar-refractivity contribution >= 4 is 17.2 Å². The van der Waals surface area contributed by atoms with Crippen LogP contribution in [0.4, 0.5) is 0 Å². The number of rotatable bonds is 2. The fourth-order valence-corrected chi connectivity index (χ4v) is 2.72. The third-order valence-corrected chi connectivity index (χ3v) is 3.92. The summed E-state index contributed by atoms with van der Waals surface area (Å²) in [7, 11) is 2.08. The highest BCUT2D eigenvalue weighted by Gasteiger charge is 2.22. The van der Waals surface area contributed by atoms with E-state index < -0.39 is 0 Å². The average Bonchev–Trinajstić information content (AvgIpc) is 2.85. The van der Waals surface area contributed by atoms with Crippen LogP contribution in [0, 0.1) is 0 Å². The number of carbonyl (C=O) groups excluding carboxylic acids is 1. The van der Waals surface area contributed by atoms with Gasteiger partial charge in [-0.05, 0) is 18.5 Å². The lowest BCUT2D eigenvalue weighted by molar-refractivity contribution is 0.0658. The van der Waals surface area contributed by atoms with E-state index >= 15 is 0 Å². The van der Waals surface area contributed by atoms with Gasteiger partial charge in [-0.2, -0.15) is 11.3 Å². The van der Waals surface area contributed by atoms with E-state index in [1.165, 1.54) is 11.3 Å². The maximum atomic E-state index is 12.2. The fourth-order valence-electron chi connectivity index (χ4n) is 2.07. The molecule has 3 aliphatic heterocycles. The van der Waals surface area contributed by atoms with E-state index in [1.807, 2.05) is 21.8 Å². The summed E-state index contributed by atoms with van der Waals surface area (Å²) >= 11 is 1.53. The van der Waals surface area contributed by atoms with Crippen LogP contribution in [0.25, 0.3) is 11.3 Å². The molecular formula is C12H15N5OS. The molecule has 0 aromatic heterocycles. The van der Waals surface area contributed by atoms with Gasteiger partial charge in [0.2, 0.25) is 0 Å². The third-order valence-electron chi connectivity index (χ3n) is 3.26. The van der Waals surface area contributed by atoms with E-state index in [0.717, 1.165) is 37.4 Å². The van der Waals surface area contributed by atoms with Crippen LogP contribution >= 0.6 is 11.3 Å². The standard InChI is InChI=1S/C12H15N5OS/c1-16-3-5-17(6-4-16)15-12(18)11-9-8-19-7-2-10(9)13-14-11/h2,7-8H,3-6H2,1H3,(H,15,18). The molecule has 7 heteroatoms. The van der Waals surface area contributed by atoms with Gasteiger partial charge in [-0.25, -0.2) is 5.01 Å². The molecule has 0 aliphatic carbocycles. The molecule has 0 spiro atoms. The molecule has 3 rings (SSSR count). The van der Waals surface area contributed by atoms with Gasteiger partial charge >= 0.3 is 0 Å². The minimum atomic E-state index is -0.176. The first kappa shape index (κ1) is 12.5. The summed E-state index contributed by atoms with van der Waals surface area (Å²) in [4.78, 5) is 14.4. The van der Waals surface area contributed by atoms with Crippen molar-refractivity contribution in [1.29, 1.82) is 0 Å². The van der Waals surface area contributed by atoms with E-state index in [1.54, 1.807) is 0 Å². The Kier molecular flexibility index (Phi) is 3.41. The number of amides is 1. The highest BCUT2D eigenvalue weighted by Crippen LogP contribution is 2.24. The van der Waals surface area contributed by atoms with E-state index in [0.29, 0.717) is 5.69 Å². The highest BCUT2D eigenvalue weighted by molar-refractivity contribution is 7.07. The molecule has 0 aromatic rings. The molecule has 0 radical (unpaired) electrons. The zero-order valence-corrected chi connectivity index (χ0v) is 11.5. The second-order valence-electron chi connectivity index (χ2n) is 4.64. The van der Waals surface area contributed by atoms with Gasteiger partial charge in [0.1, 0.15) is 0 Å². The molecule has 3 aliphatic rings. The second kappa shape index (κ2) is 5.20. The smallest absolute Gasteiger partial charge is 0.286 e. The van der Waals surface area contributed by atoms with Crippen LogP contribution in [0.3, 0.4) is 0 Å². The van der Waals surface area contributed by atoms with Crippen LogP contribution in [0.1, 0.15) is 10.5 Å². The molecule has 6 nitrogen and oxygen atoms in total. The van der Waals surface area contributed by atoms with Crippen LogP contribution in [-0.2, 0) is 0 Å². The molecule has 19 heavy (non-hydrogen) atoms. The number of aromatic nitrogens is 2. The Balaban J connectivity index is 1.71. The van der Waals surface area contributed by atoms with E-state index in [2.05, 4.69) is 27.6 Å². The van der Waals surface area contributed by atoms with Gasteiger partial charge in [0, 0.05) is 37.1 Å². The Morgan fingerprint density at radius 2 is 2.11 bits per heavy atom. The molecule has 1 N–H and O–H groups in total. The van der Waals surface area contributed by atoms with Crippen molar-refractivity contribution in [1.82, 2.24) is 25.5 Å². The molecule has 0 bridgehead atoms. The molecule has 1 fully saturated rings. The lowest BCUT2D eigenvalue weighted by Crippen LogP contribution is -2.52. The van der Waals surface area contributed by atoms with Crippen molar-refractivity contribution in [3.05, 3.63) is 22.5 Å². The van der Waals surface area contributed by atoms with Crippen LogP contribution in [0.2, 0.25) is 0 Å². The SMILES string of the molecule is CN1CCN(NC(=O)c2nnc3ccscc2-3)CC1. The number of carbonyl (C=O) groups is 1. The van der Waals surface area contributed by atoms with Gasteiger partial charge in [0.25, 0.3) is 5.91 Å². The van der Waals surface area contributed by atoms with Crippen molar-refractivity contribution in [2.75, 3.05) is 33.2 Å². The quantitative estimate of drug-likeness (QED) is 0.868. The lowest BCUT2D eigenvalue weighted by Gasteiger charge is -2.32. The summed E-state index contributed by atoms with van der Waals surface area (Å²) in [5.41, 5.74) is 4.90. The number of fused-ring (bicyclic) bond motifs is 1. The molecule has 0 atom stereocenters. The van der Waals surface area contributed by atoms with Gasteiger partial charge in [0.15, 0.2) is 5.69 Å². The van der Waals surface area contributed by atoms with Gasteiger partial charge < -0.3 is 4.90 Å². The zero-order chi connectivity index (χ0) is 13.2. The summed E-state index contributed by atoms with van der Waals surface area (Å²) in [6, 6.07) is 1.87. The molecule has 1 amide bonds. The highest BCUT2D eigenvalue weighted by atomic mass is 32.1. The normalized spacial score (nSPS) is 17.7. The molecule has 3 heterocycles. The van der Waals surface area contributed by atoms with E-state index in [4.69, 9.17) is 0 Å². The first-order valence-corrected chi connectivity index (χ1v) is 7.11. The van der Waals surface area contributed by atoms with Gasteiger partial charge in [-0.3, -0.25) is 10.2 Å². The van der Waals surface area contributed by atoms with Crippen molar-refractivity contribution < 1.29 is 4.79 Å². The van der Waals surface area contributed by atoms with E-state index in [-0.39, 0.29) is 5.91 Å². The zero-order valence-electron chi connectivity index (χ0n) is 10.7. The monoisotopic (exact) mass is 277 g/mol. The predicted molar refractivity (Wildman–Crippen MR) is 73.1 cm³/mol. The Morgan fingerprint density at radius 1 is 1.32 bits per heavy atom. The second-order valence-corrected chi connectivity index (χ2v) is 5.42. The summed E-state index contributed by atoms with van der Waals surface area (Å²) in [6.07, 6.45) is 0. The Labute approximate surface area is 115 Å². The molecular weight excluding hydrogens is 262 g/mol. The van der Waals surface area contributed by atoms with Crippen LogP contribution in [-0.4, -0.2) is 59.2 Å². The van der Waals surface area contributed by atoms with Crippen molar-refractivity contribution in [2.24, 2.45) is 0 Å². The summed E-state index contributed by atoms with van der Waals surface area (Å²) < 4.78 is 0. The number of hydrazine groups is 1. The third kappa shape index (κ3) is 2.58. The maximum Gasteiger partial charge on any atom is 0.286 e. The largest absolute Gasteiger partial charge is 0.304 e. The van der Waals surface area contributed by atoms with Crippen molar-refractivity contribution in [2.45, 2.75) is 0 Å². The number of hydrogen-bond donors (Lipinski definition) is 1. The van der Waals surface area contributed by atoms with Crippen molar-refractivity contribution in [3.63, 3.8) is 0 Å². The summed E-state index contributed by atoms with van der Waals surface area (Å²) in [5, 5.41) is 13.8. The minimum Gasteiger partial charge on any atom is -0.304 e. The van der Waals surface area contributed by atoms with Gasteiger partial charge in [-0.15, -0.1) is 10.2 Å². The number of nitrogens with one attached hydrogen (secondary N) is 1. The van der Waals surface area contributed by atoms with Crippen molar-refractivity contribution in [3.8, 4) is 11.3 Å². The minimum absolute atomic E-state index is 0.176. The lowest BCUT2D eigenvalue weighted by atomic mass is 10.2. The number of hydrogen-bond acceptors (Lipinski definition) is 6. The van der Waals surface area contributed by atoms with Gasteiger partial charge in [0.05, 0.1) is 5.69 Å². The Bertz CT molecular complexity index is 549. The predicted octanol–water partition coefficient (Wildman–Crippen LogP) is 0.535. The molecule has 1 saturated heterocycles. The molecule has 0 unspecified atom stereocenters. The first-order valence-electron chi connectivity index (χ1n) is 6.17. The summed E-state index contributed by atoms with van der Waals surface area (Å²) in [5.74, 6) is -0.176. The average molecular weight is 277 g/mol. The first-order chi connectivity index (χ1) is 9.24. The van der Waals surface area contributed by atoms with E-state index in [9.17, 15) is 4.79 Å². The number of likely N-dealkylation sites (N-methyl/N-ethyl adjacent to an activating group) is 1. The van der Waals surface area contributed by atoms with Crippen LogP contribution in [0.5, 0.6) is 0 Å². The molecule has 0 saturated carbocycles. The Morgan fingerprint density at radius 3 is 2.89 bits per heavy atom.